The number of carbonyl (C=O) groups is 2. The number of benzene rings is 1. The average Bonchev–Trinajstić information content (AvgIpc) is 2.84. The number of aromatic nitrogens is 4. The number of hydrogen-bond donors (Lipinski definition) is 2. The Morgan fingerprint density at radius 1 is 1.13 bits per heavy atom. The van der Waals surface area contributed by atoms with Crippen molar-refractivity contribution in [2.45, 2.75) is 39.3 Å². The lowest BCUT2D eigenvalue weighted by Crippen LogP contribution is -2.57. The number of nitrogen functional groups attached to an aromatic ring is 1. The molecule has 0 saturated carbocycles. The molecule has 3 N–H and O–H groups in total. The summed E-state index contributed by atoms with van der Waals surface area (Å²) in [4.78, 5) is 53.3. The van der Waals surface area contributed by atoms with Crippen LogP contribution >= 0.6 is 23.2 Å². The molecular formula is C24H28Cl2N8O4. The molecule has 1 atom stereocenters. The van der Waals surface area contributed by atoms with Crippen LogP contribution in [-0.2, 0) is 4.74 Å². The molecule has 1 aromatic carbocycles. The molecule has 1 saturated heterocycles. The third-order valence-electron chi connectivity index (χ3n) is 5.76. The number of nitrogens with zero attached hydrogens (tertiary/aromatic N) is 6. The van der Waals surface area contributed by atoms with Crippen molar-refractivity contribution in [1.29, 1.82) is 0 Å². The molecule has 1 fully saturated rings. The second-order valence-electron chi connectivity index (χ2n) is 9.76. The molecule has 1 aliphatic rings. The monoisotopic (exact) mass is 562 g/mol. The Kier molecular flexibility index (Phi) is 7.65. The summed E-state index contributed by atoms with van der Waals surface area (Å²) in [6.07, 6.45) is 0.811. The Balaban J connectivity index is 1.68. The Labute approximate surface area is 228 Å². The molecule has 0 aliphatic carbocycles. The van der Waals surface area contributed by atoms with Gasteiger partial charge in [0.15, 0.2) is 17.3 Å². The number of ether oxygens (including phenoxy) is 1. The molecule has 202 valence electrons. The predicted octanol–water partition coefficient (Wildman–Crippen LogP) is 2.76. The topological polar surface area (TPSA) is 149 Å². The lowest BCUT2D eigenvalue weighted by atomic mass is 10.2. The molecule has 0 radical (unpaired) electrons. The zero-order valence-corrected chi connectivity index (χ0v) is 22.9. The Hall–Kier alpha value is -3.64. The Morgan fingerprint density at radius 3 is 2.47 bits per heavy atom. The molecule has 38 heavy (non-hydrogen) atoms. The second-order valence-corrected chi connectivity index (χ2v) is 10.6. The summed E-state index contributed by atoms with van der Waals surface area (Å²) < 4.78 is 6.87. The third-order valence-corrected chi connectivity index (χ3v) is 6.26. The highest BCUT2D eigenvalue weighted by atomic mass is 35.5. The number of halogens is 2. The lowest BCUT2D eigenvalue weighted by molar-refractivity contribution is 0.0231. The molecule has 4 rings (SSSR count). The van der Waals surface area contributed by atoms with Gasteiger partial charge in [-0.15, -0.1) is 0 Å². The van der Waals surface area contributed by atoms with Crippen molar-refractivity contribution in [2.24, 2.45) is 0 Å². The van der Waals surface area contributed by atoms with E-state index in [9.17, 15) is 14.4 Å². The smallest absolute Gasteiger partial charge is 0.410 e. The number of nitrogens with one attached hydrogen (secondary N) is 1. The van der Waals surface area contributed by atoms with Crippen LogP contribution in [0.15, 0.2) is 29.2 Å². The number of anilines is 1. The summed E-state index contributed by atoms with van der Waals surface area (Å²) in [5.41, 5.74) is 5.02. The first kappa shape index (κ1) is 27.4. The lowest BCUT2D eigenvalue weighted by Gasteiger charge is -2.38. The highest BCUT2D eigenvalue weighted by molar-refractivity contribution is 6.35. The first-order valence-corrected chi connectivity index (χ1v) is 12.6. The van der Waals surface area contributed by atoms with Crippen LogP contribution in [0.4, 0.5) is 10.6 Å². The van der Waals surface area contributed by atoms with Gasteiger partial charge in [0.05, 0.1) is 41.3 Å². The van der Waals surface area contributed by atoms with E-state index in [0.29, 0.717) is 31.7 Å². The molecule has 14 heteroatoms. The van der Waals surface area contributed by atoms with Gasteiger partial charge in [0.2, 0.25) is 0 Å². The van der Waals surface area contributed by atoms with Crippen LogP contribution in [0.25, 0.3) is 10.9 Å². The number of nitrogens with two attached hydrogens (primary N) is 1. The van der Waals surface area contributed by atoms with E-state index in [4.69, 9.17) is 33.7 Å². The fourth-order valence-electron chi connectivity index (χ4n) is 4.03. The van der Waals surface area contributed by atoms with E-state index in [0.717, 1.165) is 0 Å². The van der Waals surface area contributed by atoms with E-state index < -0.39 is 29.2 Å². The van der Waals surface area contributed by atoms with Gasteiger partial charge in [-0.05, 0) is 39.8 Å². The van der Waals surface area contributed by atoms with Crippen LogP contribution in [-0.4, -0.2) is 68.3 Å². The van der Waals surface area contributed by atoms with Crippen LogP contribution in [0.5, 0.6) is 0 Å². The van der Waals surface area contributed by atoms with Gasteiger partial charge in [0.25, 0.3) is 11.5 Å². The normalized spacial score (nSPS) is 14.9. The van der Waals surface area contributed by atoms with Gasteiger partial charge in [-0.3, -0.25) is 9.59 Å². The molecule has 1 aliphatic heterocycles. The fraction of sp³-hybridized carbons (Fsp3) is 0.417. The molecule has 2 aromatic heterocycles. The van der Waals surface area contributed by atoms with E-state index >= 15 is 0 Å². The fourth-order valence-corrected chi connectivity index (χ4v) is 4.41. The van der Waals surface area contributed by atoms with Gasteiger partial charge in [0, 0.05) is 13.1 Å². The molecule has 12 nitrogen and oxygen atoms in total. The molecule has 0 bridgehead atoms. The molecule has 3 heterocycles. The van der Waals surface area contributed by atoms with Crippen molar-refractivity contribution < 1.29 is 14.3 Å². The molecule has 0 unspecified atom stereocenters. The number of fused-ring (bicyclic) bond motifs is 1. The SMILES string of the molecule is C[C@H](NC(=O)c1nc(Cl)cnc1N)c1nc2cccc(Cl)c2c(=O)n1N1CCN(C(=O)OC(C)(C)C)CC1. The van der Waals surface area contributed by atoms with E-state index in [1.807, 2.05) is 0 Å². The maximum absolute atomic E-state index is 13.8. The van der Waals surface area contributed by atoms with E-state index in [1.165, 1.54) is 10.9 Å². The quantitative estimate of drug-likeness (QED) is 0.489. The van der Waals surface area contributed by atoms with Crippen LogP contribution in [0.1, 0.15) is 50.0 Å². The van der Waals surface area contributed by atoms with Gasteiger partial charge in [-0.25, -0.2) is 24.4 Å². The minimum Gasteiger partial charge on any atom is -0.444 e. The van der Waals surface area contributed by atoms with Gasteiger partial charge in [0.1, 0.15) is 10.8 Å². The predicted molar refractivity (Wildman–Crippen MR) is 144 cm³/mol. The maximum Gasteiger partial charge on any atom is 0.410 e. The van der Waals surface area contributed by atoms with Crippen molar-refractivity contribution in [3.05, 3.63) is 56.4 Å². The van der Waals surface area contributed by atoms with Crippen molar-refractivity contribution in [3.63, 3.8) is 0 Å². The number of hydrogen-bond acceptors (Lipinski definition) is 9. The number of piperazine rings is 1. The van der Waals surface area contributed by atoms with Crippen molar-refractivity contribution >= 4 is 51.9 Å². The van der Waals surface area contributed by atoms with E-state index in [1.54, 1.807) is 55.8 Å². The first-order chi connectivity index (χ1) is 17.9. The van der Waals surface area contributed by atoms with Gasteiger partial charge in [-0.2, -0.15) is 0 Å². The Bertz CT molecular complexity index is 1450. The summed E-state index contributed by atoms with van der Waals surface area (Å²) in [6.45, 7) is 8.35. The van der Waals surface area contributed by atoms with E-state index in [2.05, 4.69) is 20.3 Å². The summed E-state index contributed by atoms with van der Waals surface area (Å²) in [6, 6.07) is 4.22. The van der Waals surface area contributed by atoms with Gasteiger partial charge in [-0.1, -0.05) is 29.3 Å². The highest BCUT2D eigenvalue weighted by Gasteiger charge is 2.30. The standard InChI is InChI=1S/C24H28Cl2N8O4/c1-13(29-21(35)18-19(27)28-12-16(26)31-18)20-30-15-7-5-6-14(25)17(15)22(36)34(20)33-10-8-32(9-11-33)23(37)38-24(2,3)4/h5-7,12-13H,8-11H2,1-4H3,(H2,27,28)(H,29,35)/t13-/m0/s1. The summed E-state index contributed by atoms with van der Waals surface area (Å²) in [5.74, 6) is -0.461. The maximum atomic E-state index is 13.8. The van der Waals surface area contributed by atoms with Crippen molar-refractivity contribution in [1.82, 2.24) is 29.8 Å². The van der Waals surface area contributed by atoms with Crippen LogP contribution in [0.3, 0.4) is 0 Å². The number of carbonyl (C=O) groups excluding carboxylic acids is 2. The summed E-state index contributed by atoms with van der Waals surface area (Å²) in [7, 11) is 0. The number of amides is 2. The second kappa shape index (κ2) is 10.6. The van der Waals surface area contributed by atoms with Gasteiger partial charge >= 0.3 is 6.09 Å². The third kappa shape index (κ3) is 5.76. The molecule has 2 amide bonds. The minimum atomic E-state index is -0.761. The zero-order chi connectivity index (χ0) is 27.8. The average molecular weight is 563 g/mol. The first-order valence-electron chi connectivity index (χ1n) is 11.9. The summed E-state index contributed by atoms with van der Waals surface area (Å²) in [5, 5.41) is 5.05. The summed E-state index contributed by atoms with van der Waals surface area (Å²) >= 11 is 12.3. The number of rotatable bonds is 4. The molecule has 0 spiro atoms. The van der Waals surface area contributed by atoms with E-state index in [-0.39, 0.29) is 32.9 Å². The molecule has 3 aromatic rings. The van der Waals surface area contributed by atoms with Crippen molar-refractivity contribution in [2.75, 3.05) is 36.9 Å². The van der Waals surface area contributed by atoms with Crippen LogP contribution in [0.2, 0.25) is 10.2 Å². The molecular weight excluding hydrogens is 535 g/mol. The highest BCUT2D eigenvalue weighted by Crippen LogP contribution is 2.22. The Morgan fingerprint density at radius 2 is 1.82 bits per heavy atom. The van der Waals surface area contributed by atoms with Crippen LogP contribution < -0.4 is 21.6 Å². The van der Waals surface area contributed by atoms with Crippen LogP contribution in [0, 0.1) is 0 Å². The van der Waals surface area contributed by atoms with Gasteiger partial charge < -0.3 is 25.7 Å². The zero-order valence-electron chi connectivity index (χ0n) is 21.4. The minimum absolute atomic E-state index is 0.00948. The van der Waals surface area contributed by atoms with Crippen molar-refractivity contribution in [3.8, 4) is 0 Å². The largest absolute Gasteiger partial charge is 0.444 e.